The molecule has 2 bridgehead atoms. The lowest BCUT2D eigenvalue weighted by Crippen LogP contribution is -2.62. The predicted octanol–water partition coefficient (Wildman–Crippen LogP) is 7.46. The molecule has 13 nitrogen and oxygen atoms in total. The van der Waals surface area contributed by atoms with Gasteiger partial charge >= 0.3 is 11.8 Å². The first-order valence-corrected chi connectivity index (χ1v) is 24.2. The van der Waals surface area contributed by atoms with Gasteiger partial charge in [-0.25, -0.2) is 4.79 Å². The van der Waals surface area contributed by atoms with Crippen molar-refractivity contribution in [1.29, 1.82) is 0 Å². The summed E-state index contributed by atoms with van der Waals surface area (Å²) in [4.78, 5) is 72.2. The lowest BCUT2D eigenvalue weighted by atomic mass is 9.76. The molecule has 2 unspecified atom stereocenters. The number of carbonyl (C=O) groups excluding carboxylic acids is 5. The molecular weight excluding hydrogens is 831 g/mol. The van der Waals surface area contributed by atoms with E-state index in [-0.39, 0.29) is 61.2 Å². The van der Waals surface area contributed by atoms with E-state index in [1.165, 1.54) is 12.0 Å². The van der Waals surface area contributed by atoms with E-state index in [0.29, 0.717) is 50.0 Å². The van der Waals surface area contributed by atoms with Gasteiger partial charge in [0, 0.05) is 58.5 Å². The molecule has 4 aliphatic rings. The number of Topliss-reactive ketones (excluding diaryl/α,β-unsaturated/α-hetero) is 3. The monoisotopic (exact) mass is 912 g/mol. The van der Waals surface area contributed by atoms with Crippen LogP contribution in [0.5, 0.6) is 0 Å². The number of allylic oxidation sites excluding steroid dienone is 6. The lowest BCUT2D eigenvalue weighted by molar-refractivity contribution is -0.231. The third kappa shape index (κ3) is 14.3. The molecule has 13 heteroatoms. The predicted molar refractivity (Wildman–Crippen MR) is 248 cm³/mol. The number of piperidine rings is 1. The summed E-state index contributed by atoms with van der Waals surface area (Å²) in [7, 11) is 4.69. The van der Waals surface area contributed by atoms with Crippen LogP contribution in [0.3, 0.4) is 0 Å². The van der Waals surface area contributed by atoms with Gasteiger partial charge in [-0.1, -0.05) is 78.0 Å². The molecule has 15 atom stereocenters. The SMILES string of the molecule is CO[C@H]1C[C@@H]2CC[C@@H](C)C(=O)C(O)(O2)C(=O)N2CCCC[C@H]2C(=O)O[C@H]([C@H](C)C[C@@H]2CCC(C)[C@H](OC)C2)CC(=O)[C@H](C)/C=C(\C)[C@@H](O)[C@@H](OC)C(=O)[C@H](C)C[C@H](C)/C=C/C=C/C=C1C. The number of hydrogen-bond donors (Lipinski definition) is 2. The highest BCUT2D eigenvalue weighted by atomic mass is 16.6. The van der Waals surface area contributed by atoms with E-state index in [1.807, 2.05) is 58.1 Å². The molecule has 3 heterocycles. The molecular formula is C52H81NO12. The van der Waals surface area contributed by atoms with E-state index in [2.05, 4.69) is 6.92 Å². The molecule has 1 amide bonds. The van der Waals surface area contributed by atoms with Crippen LogP contribution in [0.1, 0.15) is 132 Å². The van der Waals surface area contributed by atoms with Crippen molar-refractivity contribution in [3.8, 4) is 0 Å². The van der Waals surface area contributed by atoms with Gasteiger partial charge in [0.1, 0.15) is 30.1 Å². The first-order valence-electron chi connectivity index (χ1n) is 24.2. The van der Waals surface area contributed by atoms with Gasteiger partial charge in [0.05, 0.1) is 18.3 Å². The zero-order valence-corrected chi connectivity index (χ0v) is 41.2. The summed E-state index contributed by atoms with van der Waals surface area (Å²) < 4.78 is 29.8. The Hall–Kier alpha value is -3.33. The normalized spacial score (nSPS) is 39.6. The van der Waals surface area contributed by atoms with Gasteiger partial charge in [-0.15, -0.1) is 0 Å². The molecule has 2 saturated heterocycles. The van der Waals surface area contributed by atoms with Gasteiger partial charge in [-0.3, -0.25) is 19.2 Å². The number of aliphatic hydroxyl groups is 2. The second-order valence-corrected chi connectivity index (χ2v) is 20.0. The van der Waals surface area contributed by atoms with E-state index < -0.39 is 77.8 Å². The Morgan fingerprint density at radius 3 is 2.23 bits per heavy atom. The number of carbonyl (C=O) groups is 5. The number of esters is 1. The Kier molecular flexibility index (Phi) is 21.0. The minimum Gasteiger partial charge on any atom is -0.460 e. The second kappa shape index (κ2) is 25.2. The fraction of sp³-hybridized carbons (Fsp3) is 0.750. The largest absolute Gasteiger partial charge is 0.460 e. The van der Waals surface area contributed by atoms with Crippen LogP contribution in [0.15, 0.2) is 47.6 Å². The first-order chi connectivity index (χ1) is 30.7. The highest BCUT2D eigenvalue weighted by Gasteiger charge is 2.55. The van der Waals surface area contributed by atoms with Crippen molar-refractivity contribution in [1.82, 2.24) is 4.90 Å². The van der Waals surface area contributed by atoms with E-state index in [0.717, 1.165) is 24.8 Å². The van der Waals surface area contributed by atoms with Crippen LogP contribution in [0.4, 0.5) is 0 Å². The summed E-state index contributed by atoms with van der Waals surface area (Å²) in [6, 6.07) is -1.12. The van der Waals surface area contributed by atoms with Crippen molar-refractivity contribution in [2.45, 2.75) is 181 Å². The number of rotatable bonds is 6. The molecule has 3 fully saturated rings. The number of nitrogens with zero attached hydrogens (tertiary/aromatic N) is 1. The topological polar surface area (TPSA) is 175 Å². The molecule has 0 aromatic heterocycles. The molecule has 0 aromatic carbocycles. The van der Waals surface area contributed by atoms with Crippen LogP contribution in [-0.2, 0) is 47.7 Å². The van der Waals surface area contributed by atoms with Crippen molar-refractivity contribution in [2.75, 3.05) is 27.9 Å². The van der Waals surface area contributed by atoms with Gasteiger partial charge in [0.25, 0.3) is 5.91 Å². The number of methoxy groups -OCH3 is 3. The fourth-order valence-electron chi connectivity index (χ4n) is 10.3. The average molecular weight is 912 g/mol. The molecule has 2 N–H and O–H groups in total. The summed E-state index contributed by atoms with van der Waals surface area (Å²) in [6.45, 7) is 15.1. The molecule has 4 rings (SSSR count). The molecule has 0 spiro atoms. The Bertz CT molecular complexity index is 1750. The van der Waals surface area contributed by atoms with Crippen LogP contribution in [0.25, 0.3) is 0 Å². The summed E-state index contributed by atoms with van der Waals surface area (Å²) >= 11 is 0. The van der Waals surface area contributed by atoms with E-state index in [9.17, 15) is 34.2 Å². The Morgan fingerprint density at radius 2 is 1.55 bits per heavy atom. The molecule has 0 radical (unpaired) electrons. The van der Waals surface area contributed by atoms with E-state index in [4.69, 9.17) is 23.7 Å². The Labute approximate surface area is 388 Å². The Morgan fingerprint density at radius 1 is 0.831 bits per heavy atom. The highest BCUT2D eigenvalue weighted by Crippen LogP contribution is 2.37. The van der Waals surface area contributed by atoms with Crippen molar-refractivity contribution < 1.29 is 57.9 Å². The molecule has 0 aromatic rings. The van der Waals surface area contributed by atoms with E-state index in [1.54, 1.807) is 41.1 Å². The maximum atomic E-state index is 14.7. The van der Waals surface area contributed by atoms with Gasteiger partial charge in [-0.2, -0.15) is 0 Å². The van der Waals surface area contributed by atoms with Crippen LogP contribution >= 0.6 is 0 Å². The number of fused-ring (bicyclic) bond motifs is 3. The third-order valence-electron chi connectivity index (χ3n) is 14.7. The number of ether oxygens (including phenoxy) is 5. The molecule has 1 saturated carbocycles. The maximum Gasteiger partial charge on any atom is 0.329 e. The van der Waals surface area contributed by atoms with Gasteiger partial charge in [-0.05, 0) is 113 Å². The van der Waals surface area contributed by atoms with E-state index >= 15 is 0 Å². The second-order valence-electron chi connectivity index (χ2n) is 20.0. The average Bonchev–Trinajstić information content (AvgIpc) is 3.39. The van der Waals surface area contributed by atoms with Crippen molar-refractivity contribution in [3.63, 3.8) is 0 Å². The number of ketones is 3. The van der Waals surface area contributed by atoms with Gasteiger partial charge in [0.2, 0.25) is 5.78 Å². The summed E-state index contributed by atoms with van der Waals surface area (Å²) in [5, 5.41) is 23.6. The summed E-state index contributed by atoms with van der Waals surface area (Å²) in [6.07, 6.45) is 13.1. The van der Waals surface area contributed by atoms with Gasteiger partial charge < -0.3 is 38.8 Å². The molecule has 65 heavy (non-hydrogen) atoms. The minimum absolute atomic E-state index is 0.0258. The smallest absolute Gasteiger partial charge is 0.329 e. The summed E-state index contributed by atoms with van der Waals surface area (Å²) in [5.41, 5.74) is 1.27. The van der Waals surface area contributed by atoms with Crippen LogP contribution in [0, 0.1) is 41.4 Å². The van der Waals surface area contributed by atoms with Crippen LogP contribution in [-0.4, -0.2) is 121 Å². The first kappa shape index (κ1) is 54.3. The van der Waals surface area contributed by atoms with Crippen molar-refractivity contribution in [2.24, 2.45) is 41.4 Å². The minimum atomic E-state index is -2.83. The Balaban J connectivity index is 1.74. The van der Waals surface area contributed by atoms with Crippen LogP contribution < -0.4 is 0 Å². The number of amides is 1. The maximum absolute atomic E-state index is 14.7. The molecule has 1 aliphatic carbocycles. The molecule has 3 aliphatic heterocycles. The van der Waals surface area contributed by atoms with Gasteiger partial charge in [0.15, 0.2) is 5.78 Å². The van der Waals surface area contributed by atoms with Crippen molar-refractivity contribution >= 4 is 29.2 Å². The van der Waals surface area contributed by atoms with Crippen LogP contribution in [0.2, 0.25) is 0 Å². The molecule has 366 valence electrons. The zero-order chi connectivity index (χ0) is 48.2. The lowest BCUT2D eigenvalue weighted by Gasteiger charge is -2.40. The number of hydrogen-bond acceptors (Lipinski definition) is 12. The van der Waals surface area contributed by atoms with Crippen molar-refractivity contribution in [3.05, 3.63) is 47.6 Å². The standard InChI is InChI=1S/C52H81NO12/c1-31-17-13-12-14-18-32(2)44(62-10)29-40-23-21-34(4)49(57)52(60,65-40)51(59)53-24-16-15-19-41(53)50(58)64-45(36(6)27-39-22-20-33(3)43(28-39)61-9)30-42(54)35(5)26-38(8)47(56)48(63-11)46(55)37(7)25-31/h12-14,17-18,26,31,33-37,39-41,43-45,47-48,56,60H,15-16,19-25,27-30H2,1-11H3/b14-12+,17-13+,32-18?,38-26+/t31-,33?,34-,35-,36-,37-,39+,40+,41+,43-,44+,45+,47-,48+,52?/m1/s1. The zero-order valence-electron chi connectivity index (χ0n) is 41.2. The number of cyclic esters (lactones) is 1. The fourth-order valence-corrected chi connectivity index (χ4v) is 10.3. The number of aliphatic hydroxyl groups excluding tert-OH is 1. The highest BCUT2D eigenvalue weighted by molar-refractivity contribution is 6.09. The quantitative estimate of drug-likeness (QED) is 0.153. The summed E-state index contributed by atoms with van der Waals surface area (Å²) in [5.74, 6) is -7.13. The third-order valence-corrected chi connectivity index (χ3v) is 14.7.